The second kappa shape index (κ2) is 9.16. The number of ether oxygens (including phenoxy) is 2. The van der Waals surface area contributed by atoms with Crippen molar-refractivity contribution in [3.63, 3.8) is 0 Å². The smallest absolute Gasteiger partial charge is 0.224 e. The normalized spacial score (nSPS) is 25.4. The Hall–Kier alpha value is -2.50. The highest BCUT2D eigenvalue weighted by molar-refractivity contribution is 5.79. The molecule has 32 heavy (non-hydrogen) atoms. The lowest BCUT2D eigenvalue weighted by atomic mass is 9.53. The Morgan fingerprint density at radius 3 is 2.44 bits per heavy atom. The molecule has 0 aliphatic heterocycles. The molecule has 2 saturated carbocycles. The second-order valence-corrected chi connectivity index (χ2v) is 9.67. The van der Waals surface area contributed by atoms with Gasteiger partial charge in [-0.05, 0) is 68.7 Å². The topological polar surface area (TPSA) is 65.4 Å². The number of methoxy groups -OCH3 is 2. The SMILES string of the molecule is COc1ccc([C@H]2[C@@H]3CCCC[C@H]3[C@@H]2NC(=O)[C@H](C)Cn2nc(C)c(C)c2C)cc1OC. The molecule has 4 rings (SSSR count). The van der Waals surface area contributed by atoms with E-state index in [0.717, 1.165) is 22.9 Å². The van der Waals surface area contributed by atoms with E-state index in [-0.39, 0.29) is 17.9 Å². The molecule has 0 unspecified atom stereocenters. The molecule has 0 radical (unpaired) electrons. The number of benzene rings is 1. The van der Waals surface area contributed by atoms with Crippen molar-refractivity contribution >= 4 is 5.91 Å². The Bertz CT molecular complexity index is 983. The molecule has 0 spiro atoms. The Morgan fingerprint density at radius 2 is 1.81 bits per heavy atom. The minimum atomic E-state index is -0.138. The zero-order chi connectivity index (χ0) is 23.0. The van der Waals surface area contributed by atoms with E-state index in [9.17, 15) is 4.79 Å². The van der Waals surface area contributed by atoms with Gasteiger partial charge in [-0.2, -0.15) is 5.10 Å². The van der Waals surface area contributed by atoms with Crippen LogP contribution in [0.1, 0.15) is 61.0 Å². The Labute approximate surface area is 191 Å². The van der Waals surface area contributed by atoms with Gasteiger partial charge in [-0.1, -0.05) is 25.8 Å². The van der Waals surface area contributed by atoms with E-state index in [4.69, 9.17) is 9.47 Å². The van der Waals surface area contributed by atoms with Gasteiger partial charge in [0.15, 0.2) is 11.5 Å². The molecule has 0 bridgehead atoms. The predicted molar refractivity (Wildman–Crippen MR) is 125 cm³/mol. The van der Waals surface area contributed by atoms with Crippen LogP contribution in [0.4, 0.5) is 0 Å². The summed E-state index contributed by atoms with van der Waals surface area (Å²) in [6.45, 7) is 8.79. The number of fused-ring (bicyclic) bond motifs is 1. The highest BCUT2D eigenvalue weighted by atomic mass is 16.5. The third-order valence-electron chi connectivity index (χ3n) is 7.92. The van der Waals surface area contributed by atoms with E-state index >= 15 is 0 Å². The standard InChI is InChI=1S/C26H37N3O3/c1-15(14-29-18(4)16(2)17(3)28-29)26(30)27-25-21-10-8-7-9-20(21)24(25)19-11-12-22(31-5)23(13-19)32-6/h11-13,15,20-21,24-25H,7-10,14H2,1-6H3,(H,27,30)/t15-,20-,21-,24+,25+/m1/s1. The fourth-order valence-electron chi connectivity index (χ4n) is 5.79. The Balaban J connectivity index is 1.51. The molecular weight excluding hydrogens is 402 g/mol. The van der Waals surface area contributed by atoms with E-state index in [2.05, 4.69) is 36.4 Å². The van der Waals surface area contributed by atoms with Crippen molar-refractivity contribution in [1.82, 2.24) is 15.1 Å². The molecule has 6 nitrogen and oxygen atoms in total. The number of aromatic nitrogens is 2. The number of hydrogen-bond donors (Lipinski definition) is 1. The molecule has 174 valence electrons. The summed E-state index contributed by atoms with van der Waals surface area (Å²) in [6.07, 6.45) is 4.97. The lowest BCUT2D eigenvalue weighted by molar-refractivity contribution is -0.128. The van der Waals surface area contributed by atoms with Gasteiger partial charge in [0.2, 0.25) is 5.91 Å². The predicted octanol–water partition coefficient (Wildman–Crippen LogP) is 4.55. The minimum Gasteiger partial charge on any atom is -0.493 e. The number of aryl methyl sites for hydroxylation is 1. The van der Waals surface area contributed by atoms with Crippen LogP contribution in [0.5, 0.6) is 11.5 Å². The maximum atomic E-state index is 13.2. The van der Waals surface area contributed by atoms with Gasteiger partial charge < -0.3 is 14.8 Å². The summed E-state index contributed by atoms with van der Waals surface area (Å²) in [4.78, 5) is 13.2. The molecule has 2 fully saturated rings. The molecule has 1 N–H and O–H groups in total. The van der Waals surface area contributed by atoms with E-state index in [1.165, 1.54) is 36.8 Å². The molecule has 1 heterocycles. The molecule has 5 atom stereocenters. The zero-order valence-electron chi connectivity index (χ0n) is 20.3. The lowest BCUT2D eigenvalue weighted by Crippen LogP contribution is -2.60. The third kappa shape index (κ3) is 4.00. The van der Waals surface area contributed by atoms with Crippen LogP contribution in [-0.2, 0) is 11.3 Å². The third-order valence-corrected chi connectivity index (χ3v) is 7.92. The number of hydrogen-bond acceptors (Lipinski definition) is 4. The summed E-state index contributed by atoms with van der Waals surface area (Å²) in [5.41, 5.74) is 4.61. The van der Waals surface area contributed by atoms with Crippen LogP contribution < -0.4 is 14.8 Å². The molecule has 2 aliphatic carbocycles. The number of amides is 1. The second-order valence-electron chi connectivity index (χ2n) is 9.67. The van der Waals surface area contributed by atoms with Crippen LogP contribution in [0.3, 0.4) is 0 Å². The summed E-state index contributed by atoms with van der Waals surface area (Å²) in [5, 5.41) is 8.06. The number of carbonyl (C=O) groups is 1. The van der Waals surface area contributed by atoms with E-state index < -0.39 is 0 Å². The summed E-state index contributed by atoms with van der Waals surface area (Å²) in [6, 6.07) is 6.39. The van der Waals surface area contributed by atoms with Crippen LogP contribution >= 0.6 is 0 Å². The molecule has 1 aromatic carbocycles. The molecule has 6 heteroatoms. The van der Waals surface area contributed by atoms with Crippen molar-refractivity contribution in [3.8, 4) is 11.5 Å². The quantitative estimate of drug-likeness (QED) is 0.687. The van der Waals surface area contributed by atoms with Crippen molar-refractivity contribution < 1.29 is 14.3 Å². The Morgan fingerprint density at radius 1 is 1.12 bits per heavy atom. The van der Waals surface area contributed by atoms with Crippen molar-refractivity contribution in [2.24, 2.45) is 17.8 Å². The molecule has 1 amide bonds. The van der Waals surface area contributed by atoms with Gasteiger partial charge in [0, 0.05) is 17.7 Å². The van der Waals surface area contributed by atoms with Crippen LogP contribution in [-0.4, -0.2) is 35.9 Å². The first-order valence-corrected chi connectivity index (χ1v) is 11.9. The largest absolute Gasteiger partial charge is 0.493 e. The van der Waals surface area contributed by atoms with E-state index in [0.29, 0.717) is 24.3 Å². The minimum absolute atomic E-state index is 0.120. The van der Waals surface area contributed by atoms with Gasteiger partial charge in [0.25, 0.3) is 0 Å². The zero-order valence-corrected chi connectivity index (χ0v) is 20.3. The Kier molecular flexibility index (Phi) is 6.50. The summed E-state index contributed by atoms with van der Waals surface area (Å²) in [7, 11) is 3.33. The highest BCUT2D eigenvalue weighted by Crippen LogP contribution is 2.55. The van der Waals surface area contributed by atoms with Crippen LogP contribution in [0.15, 0.2) is 18.2 Å². The maximum absolute atomic E-state index is 13.2. The first-order chi connectivity index (χ1) is 15.3. The van der Waals surface area contributed by atoms with Crippen molar-refractivity contribution in [3.05, 3.63) is 40.7 Å². The van der Waals surface area contributed by atoms with Crippen molar-refractivity contribution in [2.75, 3.05) is 14.2 Å². The van der Waals surface area contributed by atoms with Crippen molar-refractivity contribution in [1.29, 1.82) is 0 Å². The van der Waals surface area contributed by atoms with Gasteiger partial charge in [-0.25, -0.2) is 0 Å². The van der Waals surface area contributed by atoms with Crippen LogP contribution in [0.2, 0.25) is 0 Å². The van der Waals surface area contributed by atoms with Crippen LogP contribution in [0.25, 0.3) is 0 Å². The average Bonchev–Trinajstić information content (AvgIpc) is 3.03. The number of carbonyl (C=O) groups excluding carboxylic acids is 1. The van der Waals surface area contributed by atoms with Gasteiger partial charge in [0.05, 0.1) is 32.4 Å². The first-order valence-electron chi connectivity index (χ1n) is 11.9. The fraction of sp³-hybridized carbons (Fsp3) is 0.615. The molecule has 2 aliphatic rings. The summed E-state index contributed by atoms with van der Waals surface area (Å²) < 4.78 is 13.0. The van der Waals surface area contributed by atoms with Gasteiger partial charge in [0.1, 0.15) is 0 Å². The van der Waals surface area contributed by atoms with Gasteiger partial charge in [-0.15, -0.1) is 0 Å². The van der Waals surface area contributed by atoms with E-state index in [1.54, 1.807) is 14.2 Å². The average molecular weight is 440 g/mol. The molecular formula is C26H37N3O3. The summed E-state index contributed by atoms with van der Waals surface area (Å²) >= 11 is 0. The molecule has 1 aromatic heterocycles. The lowest BCUT2D eigenvalue weighted by Gasteiger charge is -2.55. The van der Waals surface area contributed by atoms with Crippen molar-refractivity contribution in [2.45, 2.75) is 71.9 Å². The highest BCUT2D eigenvalue weighted by Gasteiger charge is 2.52. The van der Waals surface area contributed by atoms with Crippen LogP contribution in [0, 0.1) is 38.5 Å². The first kappa shape index (κ1) is 22.7. The monoisotopic (exact) mass is 439 g/mol. The number of rotatable bonds is 7. The maximum Gasteiger partial charge on any atom is 0.224 e. The fourth-order valence-corrected chi connectivity index (χ4v) is 5.79. The number of nitrogens with one attached hydrogen (secondary N) is 1. The van der Waals surface area contributed by atoms with Gasteiger partial charge in [-0.3, -0.25) is 9.48 Å². The summed E-state index contributed by atoms with van der Waals surface area (Å²) in [5.74, 6) is 2.99. The van der Waals surface area contributed by atoms with Gasteiger partial charge >= 0.3 is 0 Å². The molecule has 0 saturated heterocycles. The number of nitrogens with zero attached hydrogens (tertiary/aromatic N) is 2. The molecule has 2 aromatic rings. The van der Waals surface area contributed by atoms with E-state index in [1.807, 2.05) is 24.6 Å².